The van der Waals surface area contributed by atoms with Crippen molar-refractivity contribution in [3.63, 3.8) is 0 Å². The van der Waals surface area contributed by atoms with Crippen LogP contribution in [0.1, 0.15) is 25.7 Å². The fourth-order valence-corrected chi connectivity index (χ4v) is 2.49. The molecule has 0 saturated carbocycles. The zero-order valence-corrected chi connectivity index (χ0v) is 12.5. The Morgan fingerprint density at radius 2 is 2.33 bits per heavy atom. The summed E-state index contributed by atoms with van der Waals surface area (Å²) in [5.74, 6) is -0.483. The number of carbonyl (C=O) groups is 1. The van der Waals surface area contributed by atoms with Crippen LogP contribution in [0.25, 0.3) is 0 Å². The third-order valence-corrected chi connectivity index (χ3v) is 3.63. The van der Waals surface area contributed by atoms with Crippen LogP contribution in [0, 0.1) is 5.82 Å². The SMILES string of the molecule is CN(CC[C@@H]1CCCCO1)CC(=O)Nc1cccc(F)c1. The normalized spacial score (nSPS) is 18.7. The summed E-state index contributed by atoms with van der Waals surface area (Å²) in [5, 5.41) is 2.70. The molecule has 1 aliphatic rings. The minimum absolute atomic E-state index is 0.132. The Labute approximate surface area is 125 Å². The summed E-state index contributed by atoms with van der Waals surface area (Å²) in [6.07, 6.45) is 4.77. The standard InChI is InChI=1S/C16H23FN2O2/c1-19(9-8-15-7-2-3-10-21-15)12-16(20)18-14-6-4-5-13(17)11-14/h4-6,11,15H,2-3,7-10,12H2,1H3,(H,18,20)/t15-/m0/s1. The smallest absolute Gasteiger partial charge is 0.238 e. The fourth-order valence-electron chi connectivity index (χ4n) is 2.49. The largest absolute Gasteiger partial charge is 0.378 e. The summed E-state index contributed by atoms with van der Waals surface area (Å²) in [4.78, 5) is 13.8. The van der Waals surface area contributed by atoms with Crippen LogP contribution in [-0.4, -0.2) is 43.7 Å². The molecule has 1 aromatic carbocycles. The minimum Gasteiger partial charge on any atom is -0.378 e. The highest BCUT2D eigenvalue weighted by Gasteiger charge is 2.15. The maximum atomic E-state index is 13.0. The second-order valence-electron chi connectivity index (χ2n) is 5.57. The average Bonchev–Trinajstić information content (AvgIpc) is 2.46. The number of carbonyl (C=O) groups excluding carboxylic acids is 1. The van der Waals surface area contributed by atoms with Gasteiger partial charge >= 0.3 is 0 Å². The van der Waals surface area contributed by atoms with Gasteiger partial charge in [-0.3, -0.25) is 9.69 Å². The van der Waals surface area contributed by atoms with Crippen LogP contribution >= 0.6 is 0 Å². The number of likely N-dealkylation sites (N-methyl/N-ethyl adjacent to an activating group) is 1. The number of nitrogens with one attached hydrogen (secondary N) is 1. The predicted molar refractivity (Wildman–Crippen MR) is 80.7 cm³/mol. The quantitative estimate of drug-likeness (QED) is 0.877. The maximum Gasteiger partial charge on any atom is 0.238 e. The van der Waals surface area contributed by atoms with Crippen LogP contribution in [-0.2, 0) is 9.53 Å². The monoisotopic (exact) mass is 294 g/mol. The van der Waals surface area contributed by atoms with Crippen LogP contribution in [0.2, 0.25) is 0 Å². The molecule has 0 unspecified atom stereocenters. The van der Waals surface area contributed by atoms with E-state index >= 15 is 0 Å². The van der Waals surface area contributed by atoms with E-state index in [1.54, 1.807) is 12.1 Å². The Morgan fingerprint density at radius 1 is 1.48 bits per heavy atom. The number of rotatable bonds is 6. The van der Waals surface area contributed by atoms with Gasteiger partial charge in [0.25, 0.3) is 0 Å². The van der Waals surface area contributed by atoms with Crippen LogP contribution in [0.4, 0.5) is 10.1 Å². The molecule has 0 spiro atoms. The summed E-state index contributed by atoms with van der Waals surface area (Å²) in [6.45, 7) is 1.97. The summed E-state index contributed by atoms with van der Waals surface area (Å²) in [7, 11) is 1.91. The molecule has 5 heteroatoms. The number of ether oxygens (including phenoxy) is 1. The summed E-state index contributed by atoms with van der Waals surface area (Å²) < 4.78 is 18.7. The molecule has 2 rings (SSSR count). The maximum absolute atomic E-state index is 13.0. The van der Waals surface area contributed by atoms with Gasteiger partial charge < -0.3 is 10.1 Å². The minimum atomic E-state index is -0.351. The Bertz CT molecular complexity index is 461. The first-order chi connectivity index (χ1) is 10.1. The number of hydrogen-bond acceptors (Lipinski definition) is 3. The van der Waals surface area contributed by atoms with Gasteiger partial charge in [0, 0.05) is 18.8 Å². The second-order valence-corrected chi connectivity index (χ2v) is 5.57. The molecule has 21 heavy (non-hydrogen) atoms. The molecule has 1 aliphatic heterocycles. The van der Waals surface area contributed by atoms with Gasteiger partial charge in [-0.05, 0) is 50.9 Å². The van der Waals surface area contributed by atoms with Gasteiger partial charge in [-0.15, -0.1) is 0 Å². The van der Waals surface area contributed by atoms with Crippen molar-refractivity contribution in [2.24, 2.45) is 0 Å². The lowest BCUT2D eigenvalue weighted by molar-refractivity contribution is -0.117. The van der Waals surface area contributed by atoms with Crippen LogP contribution in [0.3, 0.4) is 0 Å². The number of anilines is 1. The van der Waals surface area contributed by atoms with Gasteiger partial charge in [0.1, 0.15) is 5.82 Å². The van der Waals surface area contributed by atoms with E-state index in [4.69, 9.17) is 4.74 Å². The Balaban J connectivity index is 1.69. The van der Waals surface area contributed by atoms with Crippen molar-refractivity contribution in [2.45, 2.75) is 31.8 Å². The molecule has 0 bridgehead atoms. The molecule has 1 aromatic rings. The summed E-state index contributed by atoms with van der Waals surface area (Å²) in [6, 6.07) is 5.92. The highest BCUT2D eigenvalue weighted by molar-refractivity contribution is 5.92. The summed E-state index contributed by atoms with van der Waals surface area (Å²) in [5.41, 5.74) is 0.490. The topological polar surface area (TPSA) is 41.6 Å². The number of hydrogen-bond donors (Lipinski definition) is 1. The second kappa shape index (κ2) is 8.10. The zero-order valence-electron chi connectivity index (χ0n) is 12.5. The number of benzene rings is 1. The number of amides is 1. The van der Waals surface area contributed by atoms with Crippen molar-refractivity contribution in [2.75, 3.05) is 32.1 Å². The molecule has 1 atom stereocenters. The van der Waals surface area contributed by atoms with Crippen molar-refractivity contribution in [1.82, 2.24) is 4.90 Å². The van der Waals surface area contributed by atoms with Crippen molar-refractivity contribution >= 4 is 11.6 Å². The van der Waals surface area contributed by atoms with E-state index in [1.807, 2.05) is 11.9 Å². The molecule has 1 N–H and O–H groups in total. The lowest BCUT2D eigenvalue weighted by Gasteiger charge is -2.25. The van der Waals surface area contributed by atoms with Gasteiger partial charge in [-0.2, -0.15) is 0 Å². The van der Waals surface area contributed by atoms with E-state index in [1.165, 1.54) is 18.6 Å². The lowest BCUT2D eigenvalue weighted by atomic mass is 10.1. The van der Waals surface area contributed by atoms with E-state index in [0.29, 0.717) is 18.3 Å². The van der Waals surface area contributed by atoms with Crippen LogP contribution in [0.5, 0.6) is 0 Å². The third-order valence-electron chi connectivity index (χ3n) is 3.63. The van der Waals surface area contributed by atoms with Gasteiger partial charge in [0.2, 0.25) is 5.91 Å². The van der Waals surface area contributed by atoms with E-state index in [9.17, 15) is 9.18 Å². The first-order valence-corrected chi connectivity index (χ1v) is 7.49. The highest BCUT2D eigenvalue weighted by atomic mass is 19.1. The van der Waals surface area contributed by atoms with Crippen molar-refractivity contribution < 1.29 is 13.9 Å². The molecule has 1 fully saturated rings. The molecule has 0 aliphatic carbocycles. The van der Waals surface area contributed by atoms with E-state index in [-0.39, 0.29) is 11.7 Å². The first kappa shape index (κ1) is 15.9. The van der Waals surface area contributed by atoms with Gasteiger partial charge in [0.15, 0.2) is 0 Å². The molecular formula is C16H23FN2O2. The molecule has 116 valence electrons. The van der Waals surface area contributed by atoms with Crippen LogP contribution in [0.15, 0.2) is 24.3 Å². The molecular weight excluding hydrogens is 271 g/mol. The van der Waals surface area contributed by atoms with Gasteiger partial charge in [-0.1, -0.05) is 6.07 Å². The van der Waals surface area contributed by atoms with Gasteiger partial charge in [-0.25, -0.2) is 4.39 Å². The van der Waals surface area contributed by atoms with Crippen LogP contribution < -0.4 is 5.32 Å². The van der Waals surface area contributed by atoms with E-state index in [2.05, 4.69) is 5.32 Å². The Kier molecular flexibility index (Phi) is 6.14. The lowest BCUT2D eigenvalue weighted by Crippen LogP contribution is -2.33. The van der Waals surface area contributed by atoms with E-state index < -0.39 is 0 Å². The number of nitrogens with zero attached hydrogens (tertiary/aromatic N) is 1. The first-order valence-electron chi connectivity index (χ1n) is 7.49. The number of halogens is 1. The molecule has 1 saturated heterocycles. The third kappa shape index (κ3) is 5.81. The summed E-state index contributed by atoms with van der Waals surface area (Å²) >= 11 is 0. The Hall–Kier alpha value is -1.46. The van der Waals surface area contributed by atoms with Gasteiger partial charge in [0.05, 0.1) is 12.6 Å². The van der Waals surface area contributed by atoms with Crippen molar-refractivity contribution in [3.05, 3.63) is 30.1 Å². The molecule has 1 amide bonds. The molecule has 1 heterocycles. The van der Waals surface area contributed by atoms with Crippen molar-refractivity contribution in [1.29, 1.82) is 0 Å². The van der Waals surface area contributed by atoms with Crippen molar-refractivity contribution in [3.8, 4) is 0 Å². The predicted octanol–water partition coefficient (Wildman–Crippen LogP) is 2.66. The molecule has 4 nitrogen and oxygen atoms in total. The van der Waals surface area contributed by atoms with E-state index in [0.717, 1.165) is 32.4 Å². The zero-order chi connectivity index (χ0) is 15.1. The Morgan fingerprint density at radius 3 is 3.05 bits per heavy atom. The highest BCUT2D eigenvalue weighted by Crippen LogP contribution is 2.15. The molecule has 0 aromatic heterocycles. The molecule has 0 radical (unpaired) electrons. The fraction of sp³-hybridized carbons (Fsp3) is 0.562. The average molecular weight is 294 g/mol.